The van der Waals surface area contributed by atoms with Gasteiger partial charge in [-0.05, 0) is 42.3 Å². The van der Waals surface area contributed by atoms with Crippen LogP contribution in [0.3, 0.4) is 0 Å². The summed E-state index contributed by atoms with van der Waals surface area (Å²) in [7, 11) is -3.23. The maximum Gasteiger partial charge on any atom is 0.175 e. The monoisotopic (exact) mass is 432 g/mol. The van der Waals surface area contributed by atoms with E-state index in [2.05, 4.69) is 31.9 Å². The molecule has 112 valence electrons. The summed E-state index contributed by atoms with van der Waals surface area (Å²) in [5.41, 5.74) is 2.42. The summed E-state index contributed by atoms with van der Waals surface area (Å²) in [6.45, 7) is 1.96. The van der Waals surface area contributed by atoms with Crippen LogP contribution >= 0.6 is 31.9 Å². The van der Waals surface area contributed by atoms with Gasteiger partial charge in [0.1, 0.15) is 6.10 Å². The van der Waals surface area contributed by atoms with Crippen LogP contribution in [0, 0.1) is 6.92 Å². The molecule has 1 atom stereocenters. The lowest BCUT2D eigenvalue weighted by Gasteiger charge is -2.15. The Morgan fingerprint density at radius 1 is 1.05 bits per heavy atom. The molecule has 0 saturated carbocycles. The number of hydrogen-bond acceptors (Lipinski definition) is 3. The summed E-state index contributed by atoms with van der Waals surface area (Å²) >= 11 is 6.90. The standard InChI is InChI=1S/C15H14Br2O3S/c1-9-7-14(17)12(8-13(9)16)15(18)10-3-5-11(6-4-10)21(2,19)20/h3-8,15,18H,1-2H3. The minimum absolute atomic E-state index is 0.239. The second kappa shape index (κ2) is 6.20. The summed E-state index contributed by atoms with van der Waals surface area (Å²) in [5.74, 6) is 0. The molecule has 0 aliphatic rings. The smallest absolute Gasteiger partial charge is 0.175 e. The molecule has 0 heterocycles. The fraction of sp³-hybridized carbons (Fsp3) is 0.200. The Bertz CT molecular complexity index is 768. The van der Waals surface area contributed by atoms with Gasteiger partial charge in [0.25, 0.3) is 0 Å². The van der Waals surface area contributed by atoms with Crippen molar-refractivity contribution in [3.63, 3.8) is 0 Å². The van der Waals surface area contributed by atoms with Crippen LogP contribution in [0.4, 0.5) is 0 Å². The molecule has 21 heavy (non-hydrogen) atoms. The van der Waals surface area contributed by atoms with Gasteiger partial charge in [0.15, 0.2) is 9.84 Å². The van der Waals surface area contributed by atoms with Gasteiger partial charge >= 0.3 is 0 Å². The number of halogens is 2. The van der Waals surface area contributed by atoms with Crippen molar-refractivity contribution in [2.24, 2.45) is 0 Å². The van der Waals surface area contributed by atoms with Crippen molar-refractivity contribution in [3.8, 4) is 0 Å². The van der Waals surface area contributed by atoms with Crippen molar-refractivity contribution in [2.75, 3.05) is 6.26 Å². The van der Waals surface area contributed by atoms with E-state index in [-0.39, 0.29) is 4.90 Å². The maximum atomic E-state index is 11.4. The zero-order chi connectivity index (χ0) is 15.8. The predicted molar refractivity (Wildman–Crippen MR) is 90.2 cm³/mol. The minimum atomic E-state index is -3.23. The lowest BCUT2D eigenvalue weighted by molar-refractivity contribution is 0.219. The third kappa shape index (κ3) is 3.74. The Balaban J connectivity index is 2.41. The Kier molecular flexibility index (Phi) is 4.92. The molecule has 3 nitrogen and oxygen atoms in total. The van der Waals surface area contributed by atoms with Gasteiger partial charge in [-0.25, -0.2) is 8.42 Å². The highest BCUT2D eigenvalue weighted by atomic mass is 79.9. The van der Waals surface area contributed by atoms with Gasteiger partial charge in [-0.2, -0.15) is 0 Å². The van der Waals surface area contributed by atoms with E-state index in [0.717, 1.165) is 26.3 Å². The fourth-order valence-corrected chi connectivity index (χ4v) is 3.61. The Morgan fingerprint density at radius 2 is 1.62 bits per heavy atom. The largest absolute Gasteiger partial charge is 0.384 e. The molecule has 0 saturated heterocycles. The van der Waals surface area contributed by atoms with E-state index in [9.17, 15) is 13.5 Å². The van der Waals surface area contributed by atoms with E-state index in [1.165, 1.54) is 12.1 Å². The van der Waals surface area contributed by atoms with Crippen LogP contribution in [-0.2, 0) is 9.84 Å². The third-order valence-electron chi connectivity index (χ3n) is 3.20. The summed E-state index contributed by atoms with van der Waals surface area (Å²) in [4.78, 5) is 0.239. The summed E-state index contributed by atoms with van der Waals surface area (Å²) in [6, 6.07) is 10.0. The van der Waals surface area contributed by atoms with Crippen molar-refractivity contribution in [2.45, 2.75) is 17.9 Å². The van der Waals surface area contributed by atoms with E-state index in [0.29, 0.717) is 5.56 Å². The number of aryl methyl sites for hydroxylation is 1. The van der Waals surface area contributed by atoms with E-state index in [4.69, 9.17) is 0 Å². The number of hydrogen-bond donors (Lipinski definition) is 1. The number of aliphatic hydroxyl groups is 1. The highest BCUT2D eigenvalue weighted by Crippen LogP contribution is 2.33. The van der Waals surface area contributed by atoms with E-state index < -0.39 is 15.9 Å². The van der Waals surface area contributed by atoms with Crippen molar-refractivity contribution in [1.29, 1.82) is 0 Å². The molecule has 0 radical (unpaired) electrons. The highest BCUT2D eigenvalue weighted by molar-refractivity contribution is 9.11. The number of sulfone groups is 1. The Labute approximate surface area is 141 Å². The fourth-order valence-electron chi connectivity index (χ4n) is 1.95. The lowest BCUT2D eigenvalue weighted by atomic mass is 10.0. The molecule has 1 unspecified atom stereocenters. The first-order valence-corrected chi connectivity index (χ1v) is 9.61. The van der Waals surface area contributed by atoms with Gasteiger partial charge in [0.05, 0.1) is 4.90 Å². The van der Waals surface area contributed by atoms with E-state index in [1.54, 1.807) is 12.1 Å². The third-order valence-corrected chi connectivity index (χ3v) is 5.87. The lowest BCUT2D eigenvalue weighted by Crippen LogP contribution is -2.03. The molecule has 1 N–H and O–H groups in total. The Morgan fingerprint density at radius 3 is 2.14 bits per heavy atom. The van der Waals surface area contributed by atoms with Crippen LogP contribution in [0.2, 0.25) is 0 Å². The van der Waals surface area contributed by atoms with Crippen molar-refractivity contribution < 1.29 is 13.5 Å². The van der Waals surface area contributed by atoms with E-state index >= 15 is 0 Å². The average Bonchev–Trinajstić information content (AvgIpc) is 2.41. The molecule has 2 rings (SSSR count). The number of rotatable bonds is 3. The van der Waals surface area contributed by atoms with Crippen LogP contribution in [0.1, 0.15) is 22.8 Å². The van der Waals surface area contributed by atoms with Crippen LogP contribution in [0.25, 0.3) is 0 Å². The first-order valence-electron chi connectivity index (χ1n) is 6.14. The second-order valence-corrected chi connectivity index (χ2v) is 8.59. The zero-order valence-corrected chi connectivity index (χ0v) is 15.5. The van der Waals surface area contributed by atoms with Gasteiger partial charge in [0.2, 0.25) is 0 Å². The number of benzene rings is 2. The summed E-state index contributed by atoms with van der Waals surface area (Å²) in [5, 5.41) is 10.5. The van der Waals surface area contributed by atoms with Crippen LogP contribution in [-0.4, -0.2) is 19.8 Å². The first kappa shape index (κ1) is 16.7. The molecule has 0 aromatic heterocycles. The van der Waals surface area contributed by atoms with Crippen molar-refractivity contribution in [1.82, 2.24) is 0 Å². The molecule has 0 spiro atoms. The van der Waals surface area contributed by atoms with Crippen molar-refractivity contribution >= 4 is 41.7 Å². The van der Waals surface area contributed by atoms with Gasteiger partial charge in [-0.3, -0.25) is 0 Å². The van der Waals surface area contributed by atoms with Gasteiger partial charge in [-0.1, -0.05) is 44.0 Å². The minimum Gasteiger partial charge on any atom is -0.384 e. The number of aliphatic hydroxyl groups excluding tert-OH is 1. The van der Waals surface area contributed by atoms with Gasteiger partial charge < -0.3 is 5.11 Å². The molecule has 0 bridgehead atoms. The van der Waals surface area contributed by atoms with Crippen molar-refractivity contribution in [3.05, 3.63) is 62.0 Å². The van der Waals surface area contributed by atoms with Crippen LogP contribution < -0.4 is 0 Å². The normalized spacial score (nSPS) is 13.2. The molecule has 2 aromatic rings. The highest BCUT2D eigenvalue weighted by Gasteiger charge is 2.16. The maximum absolute atomic E-state index is 11.4. The SMILES string of the molecule is Cc1cc(Br)c(C(O)c2ccc(S(C)(=O)=O)cc2)cc1Br. The molecule has 0 aliphatic heterocycles. The summed E-state index contributed by atoms with van der Waals surface area (Å²) in [6.07, 6.45) is 0.330. The Hall–Kier alpha value is -0.690. The molecular weight excluding hydrogens is 420 g/mol. The summed E-state index contributed by atoms with van der Waals surface area (Å²) < 4.78 is 24.6. The van der Waals surface area contributed by atoms with Gasteiger partial charge in [0, 0.05) is 20.8 Å². The predicted octanol–water partition coefficient (Wildman–Crippen LogP) is 4.01. The van der Waals surface area contributed by atoms with Gasteiger partial charge in [-0.15, -0.1) is 0 Å². The average molecular weight is 434 g/mol. The first-order chi connectivity index (χ1) is 9.70. The van der Waals surface area contributed by atoms with Crippen LogP contribution in [0.5, 0.6) is 0 Å². The topological polar surface area (TPSA) is 54.4 Å². The quantitative estimate of drug-likeness (QED) is 0.795. The second-order valence-electron chi connectivity index (χ2n) is 4.87. The molecule has 2 aromatic carbocycles. The molecule has 0 aliphatic carbocycles. The molecule has 6 heteroatoms. The van der Waals surface area contributed by atoms with Crippen LogP contribution in [0.15, 0.2) is 50.2 Å². The molecule has 0 fully saturated rings. The zero-order valence-electron chi connectivity index (χ0n) is 11.5. The van der Waals surface area contributed by atoms with E-state index in [1.807, 2.05) is 19.1 Å². The molecular formula is C15H14Br2O3S. The molecule has 0 amide bonds.